The molecule has 0 amide bonds. The highest BCUT2D eigenvalue weighted by atomic mass is 79.9. The second-order valence-corrected chi connectivity index (χ2v) is 5.94. The molecule has 0 saturated heterocycles. The first-order valence-corrected chi connectivity index (χ1v) is 7.60. The summed E-state index contributed by atoms with van der Waals surface area (Å²) in [6.45, 7) is 0. The number of halogens is 7. The van der Waals surface area contributed by atoms with Crippen LogP contribution in [0.25, 0.3) is 0 Å². The average Bonchev–Trinajstić information content (AvgIpc) is 2.49. The summed E-state index contributed by atoms with van der Waals surface area (Å²) in [6.07, 6.45) is -9.38. The molecule has 4 nitrogen and oxygen atoms in total. The minimum absolute atomic E-state index is 0.0275. The third kappa shape index (κ3) is 4.81. The molecule has 0 atom stereocenters. The number of nitrogens with one attached hydrogen (secondary N) is 2. The zero-order valence-corrected chi connectivity index (χ0v) is 14.2. The van der Waals surface area contributed by atoms with Crippen molar-refractivity contribution in [2.75, 3.05) is 5.32 Å². The van der Waals surface area contributed by atoms with Gasteiger partial charge in [0.2, 0.25) is 0 Å². The van der Waals surface area contributed by atoms with E-state index in [-0.39, 0.29) is 21.8 Å². The number of phenols is 1. The normalized spacial score (nSPS) is 13.0. The van der Waals surface area contributed by atoms with Gasteiger partial charge in [-0.2, -0.15) is 26.3 Å². The van der Waals surface area contributed by atoms with E-state index in [1.807, 2.05) is 0 Å². The Bertz CT molecular complexity index is 848. The van der Waals surface area contributed by atoms with Crippen LogP contribution in [0.2, 0.25) is 0 Å². The van der Waals surface area contributed by atoms with Crippen molar-refractivity contribution in [3.63, 3.8) is 0 Å². The van der Waals surface area contributed by atoms with E-state index in [2.05, 4.69) is 26.2 Å². The van der Waals surface area contributed by atoms with E-state index < -0.39 is 29.2 Å². The Morgan fingerprint density at radius 3 is 2.15 bits per heavy atom. The van der Waals surface area contributed by atoms with Crippen LogP contribution in [0.3, 0.4) is 0 Å². The van der Waals surface area contributed by atoms with Gasteiger partial charge in [-0.25, -0.2) is 10.3 Å². The van der Waals surface area contributed by atoms with Crippen molar-refractivity contribution in [1.82, 2.24) is 0 Å². The van der Waals surface area contributed by atoms with Crippen molar-refractivity contribution in [1.29, 1.82) is 0 Å². The second-order valence-electron chi connectivity index (χ2n) is 5.09. The largest absolute Gasteiger partial charge is 0.507 e. The van der Waals surface area contributed by atoms with Crippen molar-refractivity contribution in [2.24, 2.45) is 5.73 Å². The molecule has 0 radical (unpaired) electrons. The summed E-state index contributed by atoms with van der Waals surface area (Å²) >= 11 is 2.79. The Kier molecular flexibility index (Phi) is 5.40. The van der Waals surface area contributed by atoms with Crippen LogP contribution < -0.4 is 16.0 Å². The quantitative estimate of drug-likeness (QED) is 0.249. The van der Waals surface area contributed by atoms with Crippen LogP contribution in [-0.4, -0.2) is 11.1 Å². The Labute approximate surface area is 151 Å². The van der Waals surface area contributed by atoms with Crippen molar-refractivity contribution in [3.05, 3.63) is 52.0 Å². The first-order valence-electron chi connectivity index (χ1n) is 6.81. The van der Waals surface area contributed by atoms with Crippen LogP contribution in [0.1, 0.15) is 11.1 Å². The fraction of sp³-hybridized carbons (Fsp3) is 0.133. The maximum Gasteiger partial charge on any atom is 0.420 e. The molecule has 0 bridgehead atoms. The highest BCUT2D eigenvalue weighted by Crippen LogP contribution is 2.37. The van der Waals surface area contributed by atoms with Crippen LogP contribution in [0.15, 0.2) is 40.9 Å². The Balaban J connectivity index is 2.30. The Morgan fingerprint density at radius 2 is 1.58 bits per heavy atom. The van der Waals surface area contributed by atoms with Gasteiger partial charge in [0.1, 0.15) is 11.3 Å². The number of hydrogen-bond donors (Lipinski definition) is 4. The molecule has 0 saturated carbocycles. The van der Waals surface area contributed by atoms with Crippen LogP contribution >= 0.6 is 15.9 Å². The number of phenolic OH excluding ortho intramolecular Hbond substituents is 1. The van der Waals surface area contributed by atoms with Gasteiger partial charge in [-0.3, -0.25) is 5.73 Å². The molecule has 0 spiro atoms. The molecule has 0 heterocycles. The number of anilines is 1. The molecule has 2 aromatic rings. The Hall–Kier alpha value is -2.43. The van der Waals surface area contributed by atoms with Gasteiger partial charge in [0.15, 0.2) is 0 Å². The van der Waals surface area contributed by atoms with E-state index in [9.17, 15) is 31.4 Å². The fourth-order valence-electron chi connectivity index (χ4n) is 2.00. The number of rotatable bonds is 2. The van der Waals surface area contributed by atoms with Gasteiger partial charge < -0.3 is 5.11 Å². The minimum atomic E-state index is -4.78. The Morgan fingerprint density at radius 1 is 0.962 bits per heavy atom. The summed E-state index contributed by atoms with van der Waals surface area (Å²) < 4.78 is 76.7. The number of aromatic hydroxyl groups is 1. The predicted octanol–water partition coefficient (Wildman–Crippen LogP) is 3.33. The molecule has 0 fully saturated rings. The first kappa shape index (κ1) is 19.9. The number of guanidine groups is 1. The highest BCUT2D eigenvalue weighted by molar-refractivity contribution is 9.10. The van der Waals surface area contributed by atoms with Crippen LogP contribution in [0.4, 0.5) is 37.7 Å². The van der Waals surface area contributed by atoms with E-state index in [0.29, 0.717) is 6.07 Å². The van der Waals surface area contributed by atoms with Crippen molar-refractivity contribution < 1.29 is 36.4 Å². The molecule has 2 rings (SSSR count). The second kappa shape index (κ2) is 7.06. The number of alkyl halides is 6. The number of hydrogen-bond acceptors (Lipinski definition) is 1. The number of benzene rings is 2. The summed E-state index contributed by atoms with van der Waals surface area (Å²) in [5.74, 6) is -1.27. The molecule has 0 aliphatic heterocycles. The smallest absolute Gasteiger partial charge is 0.420 e. The first-order chi connectivity index (χ1) is 11.9. The van der Waals surface area contributed by atoms with Gasteiger partial charge in [-0.05, 0) is 36.4 Å². The SMILES string of the molecule is NC(Nc1ccc(O)c(C(F)(F)F)c1)=[NH+]c1ccc(Br)c(C(F)(F)F)c1. The topological polar surface area (TPSA) is 72.2 Å². The zero-order chi connectivity index (χ0) is 19.7. The summed E-state index contributed by atoms with van der Waals surface area (Å²) in [5.41, 5.74) is 3.22. The van der Waals surface area contributed by atoms with Crippen molar-refractivity contribution >= 4 is 33.3 Å². The van der Waals surface area contributed by atoms with Gasteiger partial charge in [0, 0.05) is 4.47 Å². The molecule has 0 aliphatic rings. The lowest BCUT2D eigenvalue weighted by Gasteiger charge is -2.10. The molecular weight excluding hydrogens is 432 g/mol. The molecule has 140 valence electrons. The molecule has 26 heavy (non-hydrogen) atoms. The number of nitrogens with two attached hydrogens (primary N) is 1. The lowest BCUT2D eigenvalue weighted by molar-refractivity contribution is -0.355. The van der Waals surface area contributed by atoms with Gasteiger partial charge in [-0.15, -0.1) is 0 Å². The average molecular weight is 443 g/mol. The summed E-state index contributed by atoms with van der Waals surface area (Å²) in [6, 6.07) is 5.80. The maximum atomic E-state index is 12.9. The molecule has 5 N–H and O–H groups in total. The standard InChI is InChI=1S/C15H10BrF6N3O/c16-11-3-1-7(5-9(11)14(17,18)19)24-13(23)25-8-2-4-12(26)10(6-8)15(20,21)22/h1-6,26H,(H3,23,24,25)/p+1. The van der Waals surface area contributed by atoms with Gasteiger partial charge in [-0.1, -0.05) is 15.9 Å². The molecular formula is C15H11BrF6N3O+. The maximum absolute atomic E-state index is 12.9. The van der Waals surface area contributed by atoms with E-state index in [1.54, 1.807) is 0 Å². The molecule has 0 aromatic heterocycles. The van der Waals surface area contributed by atoms with Crippen molar-refractivity contribution in [3.8, 4) is 5.75 Å². The third-order valence-electron chi connectivity index (χ3n) is 3.13. The third-order valence-corrected chi connectivity index (χ3v) is 3.82. The monoisotopic (exact) mass is 442 g/mol. The lowest BCUT2D eigenvalue weighted by Crippen LogP contribution is -2.71. The lowest BCUT2D eigenvalue weighted by atomic mass is 10.1. The van der Waals surface area contributed by atoms with Crippen LogP contribution in [0, 0.1) is 0 Å². The summed E-state index contributed by atoms with van der Waals surface area (Å²) in [7, 11) is 0. The predicted molar refractivity (Wildman–Crippen MR) is 85.7 cm³/mol. The van der Waals surface area contributed by atoms with Gasteiger partial charge in [0.25, 0.3) is 0 Å². The van der Waals surface area contributed by atoms with Crippen molar-refractivity contribution in [2.45, 2.75) is 12.4 Å². The fourth-order valence-corrected chi connectivity index (χ4v) is 2.47. The van der Waals surface area contributed by atoms with E-state index in [4.69, 9.17) is 5.73 Å². The van der Waals surface area contributed by atoms with E-state index >= 15 is 0 Å². The highest BCUT2D eigenvalue weighted by Gasteiger charge is 2.35. The minimum Gasteiger partial charge on any atom is -0.507 e. The van der Waals surface area contributed by atoms with E-state index in [1.165, 1.54) is 6.07 Å². The van der Waals surface area contributed by atoms with Gasteiger partial charge in [0.05, 0.1) is 16.9 Å². The molecule has 0 unspecified atom stereocenters. The molecule has 2 aromatic carbocycles. The summed E-state index contributed by atoms with van der Waals surface area (Å²) in [5, 5.41) is 11.6. The summed E-state index contributed by atoms with van der Waals surface area (Å²) in [4.78, 5) is 2.42. The van der Waals surface area contributed by atoms with Crippen LogP contribution in [0.5, 0.6) is 5.75 Å². The van der Waals surface area contributed by atoms with E-state index in [0.717, 1.165) is 24.3 Å². The molecule has 0 aliphatic carbocycles. The van der Waals surface area contributed by atoms with Crippen LogP contribution in [-0.2, 0) is 12.4 Å². The zero-order valence-electron chi connectivity index (χ0n) is 12.6. The molecule has 11 heteroatoms. The van der Waals surface area contributed by atoms with Gasteiger partial charge >= 0.3 is 18.3 Å².